The Hall–Kier alpha value is -1.90. The highest BCUT2D eigenvalue weighted by molar-refractivity contribution is 5.57. The highest BCUT2D eigenvalue weighted by Crippen LogP contribution is 2.20. The summed E-state index contributed by atoms with van der Waals surface area (Å²) in [4.78, 5) is 8.87. The number of hydrogen-bond donors (Lipinski definition) is 1. The normalized spacial score (nSPS) is 10.7. The monoisotopic (exact) mass is 255 g/mol. The van der Waals surface area contributed by atoms with Crippen LogP contribution in [0.5, 0.6) is 0 Å². The predicted octanol–water partition coefficient (Wildman–Crippen LogP) is 4.09. The number of rotatable bonds is 5. The van der Waals surface area contributed by atoms with Crippen LogP contribution >= 0.6 is 0 Å². The molecule has 3 heteroatoms. The van der Waals surface area contributed by atoms with E-state index in [4.69, 9.17) is 0 Å². The zero-order valence-corrected chi connectivity index (χ0v) is 11.9. The molecule has 2 aromatic rings. The summed E-state index contributed by atoms with van der Waals surface area (Å²) in [7, 11) is 0. The fourth-order valence-corrected chi connectivity index (χ4v) is 1.87. The van der Waals surface area contributed by atoms with Gasteiger partial charge in [-0.15, -0.1) is 0 Å². The van der Waals surface area contributed by atoms with Crippen molar-refractivity contribution in [3.8, 4) is 11.4 Å². The van der Waals surface area contributed by atoms with Gasteiger partial charge in [-0.05, 0) is 24.0 Å². The summed E-state index contributed by atoms with van der Waals surface area (Å²) >= 11 is 0. The Balaban J connectivity index is 2.21. The molecule has 0 saturated carbocycles. The summed E-state index contributed by atoms with van der Waals surface area (Å²) < 4.78 is 0. The van der Waals surface area contributed by atoms with Gasteiger partial charge >= 0.3 is 0 Å². The fourth-order valence-electron chi connectivity index (χ4n) is 1.87. The van der Waals surface area contributed by atoms with Gasteiger partial charge in [0.25, 0.3) is 0 Å². The van der Waals surface area contributed by atoms with Crippen molar-refractivity contribution in [2.24, 2.45) is 0 Å². The lowest BCUT2D eigenvalue weighted by Gasteiger charge is -2.08. The van der Waals surface area contributed by atoms with Crippen LogP contribution in [0.3, 0.4) is 0 Å². The Labute approximate surface area is 115 Å². The van der Waals surface area contributed by atoms with Crippen molar-refractivity contribution in [3.63, 3.8) is 0 Å². The third-order valence-corrected chi connectivity index (χ3v) is 3.05. The van der Waals surface area contributed by atoms with Crippen LogP contribution in [0, 0.1) is 0 Å². The van der Waals surface area contributed by atoms with Gasteiger partial charge in [0.15, 0.2) is 5.82 Å². The number of anilines is 1. The third-order valence-electron chi connectivity index (χ3n) is 3.05. The van der Waals surface area contributed by atoms with Crippen LogP contribution in [0.1, 0.15) is 38.7 Å². The van der Waals surface area contributed by atoms with Gasteiger partial charge < -0.3 is 5.32 Å². The summed E-state index contributed by atoms with van der Waals surface area (Å²) in [5.41, 5.74) is 2.40. The fraction of sp³-hybridized carbons (Fsp3) is 0.375. The van der Waals surface area contributed by atoms with Crippen LogP contribution in [-0.4, -0.2) is 16.5 Å². The molecule has 0 radical (unpaired) electrons. The van der Waals surface area contributed by atoms with Crippen LogP contribution in [0.25, 0.3) is 11.4 Å². The summed E-state index contributed by atoms with van der Waals surface area (Å²) in [5, 5.41) is 3.28. The van der Waals surface area contributed by atoms with Gasteiger partial charge in [-0.1, -0.05) is 45.0 Å². The zero-order chi connectivity index (χ0) is 13.7. The maximum absolute atomic E-state index is 4.53. The molecule has 0 amide bonds. The molecule has 0 fully saturated rings. The topological polar surface area (TPSA) is 37.8 Å². The standard InChI is InChI=1S/C16H21N3/c1-4-10-17-15-9-11-18-16(19-15)14-7-5-13(6-8-14)12(2)3/h5-9,11-12H,4,10H2,1-3H3,(H,17,18,19). The van der Waals surface area contributed by atoms with E-state index in [1.807, 2.05) is 6.07 Å². The van der Waals surface area contributed by atoms with E-state index in [2.05, 4.69) is 60.3 Å². The van der Waals surface area contributed by atoms with E-state index in [1.54, 1.807) is 6.20 Å². The summed E-state index contributed by atoms with van der Waals surface area (Å²) in [6.07, 6.45) is 2.89. The maximum Gasteiger partial charge on any atom is 0.161 e. The molecule has 0 aliphatic carbocycles. The third kappa shape index (κ3) is 3.53. The first-order valence-corrected chi connectivity index (χ1v) is 6.88. The molecule has 0 aliphatic heterocycles. The van der Waals surface area contributed by atoms with Crippen molar-refractivity contribution < 1.29 is 0 Å². The number of nitrogens with zero attached hydrogens (tertiary/aromatic N) is 2. The van der Waals surface area contributed by atoms with Crippen LogP contribution in [0.4, 0.5) is 5.82 Å². The molecule has 1 N–H and O–H groups in total. The van der Waals surface area contributed by atoms with Crippen molar-refractivity contribution in [2.75, 3.05) is 11.9 Å². The molecule has 0 saturated heterocycles. The molecule has 1 aromatic carbocycles. The molecule has 1 aromatic heterocycles. The number of benzene rings is 1. The van der Waals surface area contributed by atoms with Crippen molar-refractivity contribution in [1.29, 1.82) is 0 Å². The Bertz CT molecular complexity index is 518. The lowest BCUT2D eigenvalue weighted by molar-refractivity contribution is 0.867. The van der Waals surface area contributed by atoms with Gasteiger partial charge in [0.1, 0.15) is 5.82 Å². The molecule has 0 unspecified atom stereocenters. The number of nitrogens with one attached hydrogen (secondary N) is 1. The number of hydrogen-bond acceptors (Lipinski definition) is 3. The lowest BCUT2D eigenvalue weighted by atomic mass is 10.0. The average Bonchev–Trinajstić information content (AvgIpc) is 2.45. The predicted molar refractivity (Wildman–Crippen MR) is 80.3 cm³/mol. The molecule has 0 aliphatic rings. The first kappa shape index (κ1) is 13.5. The van der Waals surface area contributed by atoms with Crippen molar-refractivity contribution >= 4 is 5.82 Å². The molecule has 0 bridgehead atoms. The van der Waals surface area contributed by atoms with E-state index < -0.39 is 0 Å². The van der Waals surface area contributed by atoms with E-state index in [1.165, 1.54) is 5.56 Å². The molecule has 0 atom stereocenters. The maximum atomic E-state index is 4.53. The van der Waals surface area contributed by atoms with E-state index in [9.17, 15) is 0 Å². The minimum Gasteiger partial charge on any atom is -0.370 e. The Morgan fingerprint density at radius 3 is 2.47 bits per heavy atom. The van der Waals surface area contributed by atoms with Crippen molar-refractivity contribution in [2.45, 2.75) is 33.1 Å². The van der Waals surface area contributed by atoms with Gasteiger partial charge in [-0.25, -0.2) is 9.97 Å². The molecular formula is C16H21N3. The van der Waals surface area contributed by atoms with Gasteiger partial charge in [0.2, 0.25) is 0 Å². The largest absolute Gasteiger partial charge is 0.370 e. The average molecular weight is 255 g/mol. The van der Waals surface area contributed by atoms with Crippen LogP contribution < -0.4 is 5.32 Å². The first-order chi connectivity index (χ1) is 9.20. The summed E-state index contributed by atoms with van der Waals surface area (Å²) in [6, 6.07) is 10.4. The molecule has 19 heavy (non-hydrogen) atoms. The molecule has 1 heterocycles. The van der Waals surface area contributed by atoms with Gasteiger partial charge in [0, 0.05) is 18.3 Å². The zero-order valence-electron chi connectivity index (χ0n) is 11.9. The second-order valence-corrected chi connectivity index (χ2v) is 4.97. The van der Waals surface area contributed by atoms with Gasteiger partial charge in [-0.2, -0.15) is 0 Å². The van der Waals surface area contributed by atoms with Crippen LogP contribution in [0.15, 0.2) is 36.5 Å². The Morgan fingerprint density at radius 2 is 1.84 bits per heavy atom. The highest BCUT2D eigenvalue weighted by atomic mass is 15.0. The molecule has 0 spiro atoms. The van der Waals surface area contributed by atoms with E-state index in [0.717, 1.165) is 30.2 Å². The minimum absolute atomic E-state index is 0.549. The van der Waals surface area contributed by atoms with Gasteiger partial charge in [0.05, 0.1) is 0 Å². The second kappa shape index (κ2) is 6.32. The SMILES string of the molecule is CCCNc1ccnc(-c2ccc(C(C)C)cc2)n1. The first-order valence-electron chi connectivity index (χ1n) is 6.88. The van der Waals surface area contributed by atoms with E-state index >= 15 is 0 Å². The van der Waals surface area contributed by atoms with Crippen LogP contribution in [-0.2, 0) is 0 Å². The van der Waals surface area contributed by atoms with E-state index in [-0.39, 0.29) is 0 Å². The molecular weight excluding hydrogens is 234 g/mol. The highest BCUT2D eigenvalue weighted by Gasteiger charge is 2.04. The Morgan fingerprint density at radius 1 is 1.11 bits per heavy atom. The summed E-state index contributed by atoms with van der Waals surface area (Å²) in [5.74, 6) is 2.21. The van der Waals surface area contributed by atoms with Crippen molar-refractivity contribution in [1.82, 2.24) is 9.97 Å². The van der Waals surface area contributed by atoms with Gasteiger partial charge in [-0.3, -0.25) is 0 Å². The number of aromatic nitrogens is 2. The van der Waals surface area contributed by atoms with E-state index in [0.29, 0.717) is 5.92 Å². The second-order valence-electron chi connectivity index (χ2n) is 4.97. The van der Waals surface area contributed by atoms with Crippen LogP contribution in [0.2, 0.25) is 0 Å². The minimum atomic E-state index is 0.549. The summed E-state index contributed by atoms with van der Waals surface area (Å²) in [6.45, 7) is 7.46. The lowest BCUT2D eigenvalue weighted by Crippen LogP contribution is -2.03. The molecule has 2 rings (SSSR count). The smallest absolute Gasteiger partial charge is 0.161 e. The van der Waals surface area contributed by atoms with Crippen molar-refractivity contribution in [3.05, 3.63) is 42.1 Å². The molecule has 3 nitrogen and oxygen atoms in total. The quantitative estimate of drug-likeness (QED) is 0.874. The molecule has 100 valence electrons. The Kier molecular flexibility index (Phi) is 4.50.